The van der Waals surface area contributed by atoms with Crippen molar-refractivity contribution in [1.82, 2.24) is 15.2 Å². The van der Waals surface area contributed by atoms with Gasteiger partial charge in [-0.15, -0.1) is 5.11 Å². The van der Waals surface area contributed by atoms with Gasteiger partial charge in [-0.25, -0.2) is 4.98 Å². The molecule has 88 valence electrons. The smallest absolute Gasteiger partial charge is 0.183 e. The summed E-state index contributed by atoms with van der Waals surface area (Å²) in [6.07, 6.45) is 1.69. The van der Waals surface area contributed by atoms with E-state index in [1.807, 2.05) is 42.5 Å². The molecule has 0 aliphatic carbocycles. The summed E-state index contributed by atoms with van der Waals surface area (Å²) in [5.74, 6) is 0.585. The highest BCUT2D eigenvalue weighted by atomic mass is 15.4. The minimum absolute atomic E-state index is 0.585. The van der Waals surface area contributed by atoms with Crippen molar-refractivity contribution < 1.29 is 0 Å². The fourth-order valence-corrected chi connectivity index (χ4v) is 1.56. The van der Waals surface area contributed by atoms with Crippen LogP contribution in [0.5, 0.6) is 0 Å². The standard InChI is InChI=1S/C12H10N6/c1-2-5-9(6-3-1)14-18-17-12-10-7-4-8-13-11(10)15-16-12/h1-8H,(H2,13,14,15,16,17). The predicted octanol–water partition coefficient (Wildman–Crippen LogP) is 3.07. The number of fused-ring (bicyclic) bond motifs is 1. The Bertz CT molecular complexity index is 673. The lowest BCUT2D eigenvalue weighted by Gasteiger charge is -1.96. The average Bonchev–Trinajstić information content (AvgIpc) is 2.84. The molecule has 2 N–H and O–H groups in total. The summed E-state index contributed by atoms with van der Waals surface area (Å²) in [5.41, 5.74) is 4.35. The number of rotatable bonds is 3. The van der Waals surface area contributed by atoms with Crippen LogP contribution in [0.3, 0.4) is 0 Å². The van der Waals surface area contributed by atoms with Gasteiger partial charge < -0.3 is 0 Å². The summed E-state index contributed by atoms with van der Waals surface area (Å²) >= 11 is 0. The monoisotopic (exact) mass is 238 g/mol. The number of H-pyrrole nitrogens is 1. The molecule has 0 unspecified atom stereocenters. The molecule has 0 radical (unpaired) electrons. The first-order chi connectivity index (χ1) is 8.93. The lowest BCUT2D eigenvalue weighted by Crippen LogP contribution is -1.84. The van der Waals surface area contributed by atoms with E-state index in [2.05, 4.69) is 30.9 Å². The Balaban J connectivity index is 1.80. The van der Waals surface area contributed by atoms with Gasteiger partial charge in [0.25, 0.3) is 0 Å². The summed E-state index contributed by atoms with van der Waals surface area (Å²) in [4.78, 5) is 4.10. The first kappa shape index (κ1) is 10.4. The van der Waals surface area contributed by atoms with Gasteiger partial charge in [0.1, 0.15) is 0 Å². The Morgan fingerprint density at radius 1 is 1.06 bits per heavy atom. The molecule has 6 heteroatoms. The van der Waals surface area contributed by atoms with Crippen LogP contribution >= 0.6 is 0 Å². The number of aromatic amines is 1. The highest BCUT2D eigenvalue weighted by Gasteiger charge is 2.03. The Labute approximate surface area is 103 Å². The van der Waals surface area contributed by atoms with Crippen LogP contribution in [0.25, 0.3) is 11.0 Å². The van der Waals surface area contributed by atoms with Gasteiger partial charge in [-0.05, 0) is 24.3 Å². The molecule has 3 aromatic rings. The van der Waals surface area contributed by atoms with Crippen molar-refractivity contribution >= 4 is 22.5 Å². The lowest BCUT2D eigenvalue weighted by atomic mass is 10.3. The molecular weight excluding hydrogens is 228 g/mol. The van der Waals surface area contributed by atoms with Gasteiger partial charge in [0, 0.05) is 6.20 Å². The predicted molar refractivity (Wildman–Crippen MR) is 68.5 cm³/mol. The molecule has 18 heavy (non-hydrogen) atoms. The van der Waals surface area contributed by atoms with E-state index < -0.39 is 0 Å². The topological polar surface area (TPSA) is 78.3 Å². The zero-order chi connectivity index (χ0) is 12.2. The second-order valence-corrected chi connectivity index (χ2v) is 3.62. The Morgan fingerprint density at radius 2 is 1.94 bits per heavy atom. The normalized spacial score (nSPS) is 11.1. The Hall–Kier alpha value is -2.76. The molecule has 1 aromatic carbocycles. The molecule has 0 bridgehead atoms. The van der Waals surface area contributed by atoms with Crippen LogP contribution in [-0.4, -0.2) is 15.2 Å². The van der Waals surface area contributed by atoms with Crippen LogP contribution in [-0.2, 0) is 0 Å². The maximum absolute atomic E-state index is 4.10. The number of nitrogens with one attached hydrogen (secondary N) is 2. The number of benzene rings is 1. The van der Waals surface area contributed by atoms with Gasteiger partial charge in [-0.1, -0.05) is 23.4 Å². The van der Waals surface area contributed by atoms with Gasteiger partial charge in [0.2, 0.25) is 0 Å². The van der Waals surface area contributed by atoms with Crippen molar-refractivity contribution in [3.8, 4) is 0 Å². The van der Waals surface area contributed by atoms with E-state index in [-0.39, 0.29) is 0 Å². The number of anilines is 1. The van der Waals surface area contributed by atoms with Crippen LogP contribution in [0.4, 0.5) is 11.5 Å². The summed E-state index contributed by atoms with van der Waals surface area (Å²) in [5, 5.41) is 15.6. The minimum atomic E-state index is 0.585. The number of hydrogen-bond acceptors (Lipinski definition) is 4. The minimum Gasteiger partial charge on any atom is -0.260 e. The maximum Gasteiger partial charge on any atom is 0.183 e. The molecule has 0 atom stereocenters. The molecule has 0 saturated carbocycles. The van der Waals surface area contributed by atoms with E-state index in [1.54, 1.807) is 6.20 Å². The van der Waals surface area contributed by atoms with E-state index in [4.69, 9.17) is 0 Å². The lowest BCUT2D eigenvalue weighted by molar-refractivity contribution is 1.04. The van der Waals surface area contributed by atoms with E-state index >= 15 is 0 Å². The quantitative estimate of drug-likeness (QED) is 0.543. The summed E-state index contributed by atoms with van der Waals surface area (Å²) in [6.45, 7) is 0. The second-order valence-electron chi connectivity index (χ2n) is 3.62. The fourth-order valence-electron chi connectivity index (χ4n) is 1.56. The maximum atomic E-state index is 4.10. The molecule has 0 spiro atoms. The first-order valence-corrected chi connectivity index (χ1v) is 5.44. The van der Waals surface area contributed by atoms with Gasteiger partial charge >= 0.3 is 0 Å². The zero-order valence-electron chi connectivity index (χ0n) is 9.41. The number of para-hydroxylation sites is 1. The first-order valence-electron chi connectivity index (χ1n) is 5.44. The van der Waals surface area contributed by atoms with Crippen LogP contribution < -0.4 is 5.43 Å². The third kappa shape index (κ3) is 2.03. The van der Waals surface area contributed by atoms with Crippen LogP contribution in [0.15, 0.2) is 59.0 Å². The van der Waals surface area contributed by atoms with Gasteiger partial charge in [-0.3, -0.25) is 10.5 Å². The van der Waals surface area contributed by atoms with Crippen molar-refractivity contribution in [3.05, 3.63) is 48.7 Å². The van der Waals surface area contributed by atoms with Gasteiger partial charge in [-0.2, -0.15) is 5.10 Å². The molecule has 3 rings (SSSR count). The average molecular weight is 238 g/mol. The molecule has 6 nitrogen and oxygen atoms in total. The van der Waals surface area contributed by atoms with Gasteiger partial charge in [0.15, 0.2) is 11.5 Å². The number of pyridine rings is 1. The van der Waals surface area contributed by atoms with Crippen molar-refractivity contribution in [2.75, 3.05) is 5.43 Å². The Morgan fingerprint density at radius 3 is 2.83 bits per heavy atom. The molecule has 0 aliphatic rings. The van der Waals surface area contributed by atoms with Crippen LogP contribution in [0, 0.1) is 0 Å². The highest BCUT2D eigenvalue weighted by Crippen LogP contribution is 2.20. The van der Waals surface area contributed by atoms with Crippen molar-refractivity contribution in [2.24, 2.45) is 10.3 Å². The van der Waals surface area contributed by atoms with Gasteiger partial charge in [0.05, 0.1) is 11.1 Å². The molecule has 0 aliphatic heterocycles. The van der Waals surface area contributed by atoms with E-state index in [0.717, 1.165) is 11.1 Å². The molecular formula is C12H10N6. The van der Waals surface area contributed by atoms with E-state index in [1.165, 1.54) is 0 Å². The second kappa shape index (κ2) is 4.62. The number of nitrogens with zero attached hydrogens (tertiary/aromatic N) is 4. The SMILES string of the molecule is c1ccc(N/N=N/c2[nH]nc3ncccc23)cc1. The molecule has 0 saturated heterocycles. The summed E-state index contributed by atoms with van der Waals surface area (Å²) in [6, 6.07) is 13.3. The van der Waals surface area contributed by atoms with Crippen LogP contribution in [0.2, 0.25) is 0 Å². The van der Waals surface area contributed by atoms with Crippen molar-refractivity contribution in [2.45, 2.75) is 0 Å². The van der Waals surface area contributed by atoms with E-state index in [0.29, 0.717) is 11.5 Å². The largest absolute Gasteiger partial charge is 0.260 e. The molecule has 0 fully saturated rings. The third-order valence-electron chi connectivity index (χ3n) is 2.41. The van der Waals surface area contributed by atoms with E-state index in [9.17, 15) is 0 Å². The fraction of sp³-hybridized carbons (Fsp3) is 0. The molecule has 2 heterocycles. The third-order valence-corrected chi connectivity index (χ3v) is 2.41. The number of hydrogen-bond donors (Lipinski definition) is 2. The molecule has 0 amide bonds. The van der Waals surface area contributed by atoms with Crippen molar-refractivity contribution in [1.29, 1.82) is 0 Å². The highest BCUT2D eigenvalue weighted by molar-refractivity contribution is 5.84. The Kier molecular flexibility index (Phi) is 2.67. The molecule has 2 aromatic heterocycles. The zero-order valence-corrected chi connectivity index (χ0v) is 9.41. The summed E-state index contributed by atoms with van der Waals surface area (Å²) < 4.78 is 0. The number of aromatic nitrogens is 3. The summed E-state index contributed by atoms with van der Waals surface area (Å²) in [7, 11) is 0. The van der Waals surface area contributed by atoms with Crippen molar-refractivity contribution in [3.63, 3.8) is 0 Å². The van der Waals surface area contributed by atoms with Crippen LogP contribution in [0.1, 0.15) is 0 Å².